The lowest BCUT2D eigenvalue weighted by Crippen LogP contribution is -2.33. The zero-order valence-electron chi connectivity index (χ0n) is 12.8. The number of pyridine rings is 1. The van der Waals surface area contributed by atoms with Crippen LogP contribution in [-0.2, 0) is 4.74 Å². The molecule has 4 heterocycles. The summed E-state index contributed by atoms with van der Waals surface area (Å²) in [6.45, 7) is -0.400. The molecule has 0 unspecified atom stereocenters. The van der Waals surface area contributed by atoms with E-state index in [4.69, 9.17) is 9.47 Å². The molecule has 3 N–H and O–H groups in total. The molecule has 1 saturated heterocycles. The highest BCUT2D eigenvalue weighted by Crippen LogP contribution is 2.38. The Morgan fingerprint density at radius 2 is 2.08 bits per heavy atom. The molecule has 0 aromatic carbocycles. The molecule has 9 heteroatoms. The summed E-state index contributed by atoms with van der Waals surface area (Å²) >= 11 is 0. The number of rotatable bonds is 3. The Morgan fingerprint density at radius 3 is 2.79 bits per heavy atom. The monoisotopic (exact) mass is 332 g/mol. The molecule has 4 atom stereocenters. The average molecular weight is 332 g/mol. The van der Waals surface area contributed by atoms with E-state index in [9.17, 15) is 15.3 Å². The topological polar surface area (TPSA) is 123 Å². The molecule has 0 aliphatic carbocycles. The third-order valence-electron chi connectivity index (χ3n) is 4.27. The first-order chi connectivity index (χ1) is 11.7. The van der Waals surface area contributed by atoms with Crippen LogP contribution in [0.2, 0.25) is 0 Å². The molecule has 0 saturated carbocycles. The summed E-state index contributed by atoms with van der Waals surface area (Å²) in [5, 5.41) is 30.3. The lowest BCUT2D eigenvalue weighted by molar-refractivity contribution is -0.0490. The number of ether oxygens (including phenoxy) is 2. The smallest absolute Gasteiger partial charge is 0.228 e. The van der Waals surface area contributed by atoms with Crippen LogP contribution in [0.4, 0.5) is 0 Å². The van der Waals surface area contributed by atoms with E-state index in [1.807, 2.05) is 0 Å². The molecule has 1 aliphatic heterocycles. The Kier molecular flexibility index (Phi) is 3.57. The maximum Gasteiger partial charge on any atom is 0.228 e. The average Bonchev–Trinajstić information content (AvgIpc) is 3.10. The van der Waals surface area contributed by atoms with Gasteiger partial charge in [0, 0.05) is 6.20 Å². The predicted molar refractivity (Wildman–Crippen MR) is 82.4 cm³/mol. The van der Waals surface area contributed by atoms with Crippen molar-refractivity contribution >= 4 is 22.1 Å². The van der Waals surface area contributed by atoms with Crippen LogP contribution < -0.4 is 4.74 Å². The van der Waals surface area contributed by atoms with Crippen LogP contribution in [0.5, 0.6) is 5.88 Å². The first-order valence-corrected chi connectivity index (χ1v) is 7.43. The fraction of sp³-hybridized carbons (Fsp3) is 0.400. The summed E-state index contributed by atoms with van der Waals surface area (Å²) in [6.07, 6.45) is -1.23. The maximum atomic E-state index is 10.4. The lowest BCUT2D eigenvalue weighted by atomic mass is 10.1. The molecule has 0 amide bonds. The SMILES string of the molecule is COc1ncnc2c1c1ncccc1n2[C@@H]1O[C@H](CO)[C@@H](O)[C@H]1O. The molecular formula is C15H16N4O5. The summed E-state index contributed by atoms with van der Waals surface area (Å²) in [5.74, 6) is 0.356. The number of hydrogen-bond donors (Lipinski definition) is 3. The van der Waals surface area contributed by atoms with Crippen LogP contribution in [0.15, 0.2) is 24.7 Å². The molecule has 1 aliphatic rings. The Labute approximate surface area is 136 Å². The first kappa shape index (κ1) is 15.2. The van der Waals surface area contributed by atoms with Gasteiger partial charge in [0.2, 0.25) is 5.88 Å². The molecule has 0 spiro atoms. The Balaban J connectivity index is 2.01. The van der Waals surface area contributed by atoms with E-state index < -0.39 is 31.1 Å². The van der Waals surface area contributed by atoms with Crippen molar-refractivity contribution in [3.63, 3.8) is 0 Å². The van der Waals surface area contributed by atoms with Gasteiger partial charge >= 0.3 is 0 Å². The molecule has 3 aromatic rings. The van der Waals surface area contributed by atoms with Gasteiger partial charge in [0.25, 0.3) is 0 Å². The van der Waals surface area contributed by atoms with E-state index in [0.29, 0.717) is 27.9 Å². The minimum absolute atomic E-state index is 0.356. The molecule has 9 nitrogen and oxygen atoms in total. The van der Waals surface area contributed by atoms with Gasteiger partial charge < -0.3 is 24.8 Å². The van der Waals surface area contributed by atoms with Gasteiger partial charge in [-0.25, -0.2) is 9.97 Å². The number of aliphatic hydroxyl groups excluding tert-OH is 3. The van der Waals surface area contributed by atoms with E-state index in [1.54, 1.807) is 22.9 Å². The summed E-state index contributed by atoms with van der Waals surface area (Å²) in [5.41, 5.74) is 1.72. The van der Waals surface area contributed by atoms with Crippen molar-refractivity contribution in [3.05, 3.63) is 24.7 Å². The molecule has 4 rings (SSSR count). The maximum absolute atomic E-state index is 10.4. The van der Waals surface area contributed by atoms with Crippen LogP contribution in [0.3, 0.4) is 0 Å². The van der Waals surface area contributed by atoms with Crippen LogP contribution in [0.25, 0.3) is 22.1 Å². The van der Waals surface area contributed by atoms with E-state index in [-0.39, 0.29) is 0 Å². The highest BCUT2D eigenvalue weighted by atomic mass is 16.6. The summed E-state index contributed by atoms with van der Waals surface area (Å²) in [6, 6.07) is 3.55. The minimum Gasteiger partial charge on any atom is -0.480 e. The number of aliphatic hydroxyl groups is 3. The number of methoxy groups -OCH3 is 1. The number of nitrogens with zero attached hydrogens (tertiary/aromatic N) is 4. The van der Waals surface area contributed by atoms with Crippen LogP contribution in [0, 0.1) is 0 Å². The van der Waals surface area contributed by atoms with Crippen molar-refractivity contribution in [2.24, 2.45) is 0 Å². The van der Waals surface area contributed by atoms with Crippen molar-refractivity contribution in [2.75, 3.05) is 13.7 Å². The minimum atomic E-state index is -1.22. The number of fused-ring (bicyclic) bond motifs is 3. The van der Waals surface area contributed by atoms with Gasteiger partial charge in [0.15, 0.2) is 11.9 Å². The summed E-state index contributed by atoms with van der Waals surface area (Å²) in [4.78, 5) is 12.7. The molecule has 0 radical (unpaired) electrons. The highest BCUT2D eigenvalue weighted by molar-refractivity contribution is 6.06. The van der Waals surface area contributed by atoms with Gasteiger partial charge in [-0.3, -0.25) is 9.55 Å². The van der Waals surface area contributed by atoms with E-state index in [0.717, 1.165) is 0 Å². The third-order valence-corrected chi connectivity index (χ3v) is 4.27. The normalized spacial score (nSPS) is 27.2. The Morgan fingerprint density at radius 1 is 1.25 bits per heavy atom. The van der Waals surface area contributed by atoms with Gasteiger partial charge in [-0.15, -0.1) is 0 Å². The third kappa shape index (κ3) is 1.99. The summed E-state index contributed by atoms with van der Waals surface area (Å²) in [7, 11) is 1.50. The lowest BCUT2D eigenvalue weighted by Gasteiger charge is -2.18. The second kappa shape index (κ2) is 5.64. The first-order valence-electron chi connectivity index (χ1n) is 7.43. The number of aromatic nitrogens is 4. The quantitative estimate of drug-likeness (QED) is 0.592. The van der Waals surface area contributed by atoms with Crippen molar-refractivity contribution in [1.29, 1.82) is 0 Å². The molecule has 126 valence electrons. The zero-order valence-corrected chi connectivity index (χ0v) is 12.8. The highest BCUT2D eigenvalue weighted by Gasteiger charge is 2.44. The fourth-order valence-electron chi connectivity index (χ4n) is 3.15. The Hall–Kier alpha value is -2.33. The second-order valence-electron chi connectivity index (χ2n) is 5.55. The van der Waals surface area contributed by atoms with Crippen LogP contribution in [-0.4, -0.2) is 66.9 Å². The Bertz CT molecular complexity index is 898. The summed E-state index contributed by atoms with van der Waals surface area (Å²) < 4.78 is 12.6. The molecule has 3 aromatic heterocycles. The molecule has 24 heavy (non-hydrogen) atoms. The zero-order chi connectivity index (χ0) is 16.8. The van der Waals surface area contributed by atoms with Gasteiger partial charge in [-0.05, 0) is 12.1 Å². The van der Waals surface area contributed by atoms with Gasteiger partial charge in [-0.1, -0.05) is 0 Å². The van der Waals surface area contributed by atoms with E-state index in [1.165, 1.54) is 13.4 Å². The molecular weight excluding hydrogens is 316 g/mol. The van der Waals surface area contributed by atoms with E-state index in [2.05, 4.69) is 15.0 Å². The number of hydrogen-bond acceptors (Lipinski definition) is 8. The van der Waals surface area contributed by atoms with Crippen molar-refractivity contribution in [3.8, 4) is 5.88 Å². The fourth-order valence-corrected chi connectivity index (χ4v) is 3.15. The van der Waals surface area contributed by atoms with E-state index >= 15 is 0 Å². The standard InChI is InChI=1S/C15H16N4O5/c1-23-14-9-10-7(3-2-4-16-10)19(13(9)17-6-18-14)15-12(22)11(21)8(5-20)24-15/h2-4,6,8,11-12,15,20-22H,5H2,1H3/t8-,11-,12-,15-/m1/s1. The van der Waals surface area contributed by atoms with Crippen molar-refractivity contribution in [1.82, 2.24) is 19.5 Å². The van der Waals surface area contributed by atoms with Gasteiger partial charge in [0.05, 0.1) is 19.2 Å². The second-order valence-corrected chi connectivity index (χ2v) is 5.55. The predicted octanol–water partition coefficient (Wildman–Crippen LogP) is -0.400. The largest absolute Gasteiger partial charge is 0.480 e. The van der Waals surface area contributed by atoms with Crippen LogP contribution in [0.1, 0.15) is 6.23 Å². The molecule has 1 fully saturated rings. The molecule has 0 bridgehead atoms. The van der Waals surface area contributed by atoms with Crippen LogP contribution >= 0.6 is 0 Å². The van der Waals surface area contributed by atoms with Crippen molar-refractivity contribution in [2.45, 2.75) is 24.5 Å². The van der Waals surface area contributed by atoms with Gasteiger partial charge in [-0.2, -0.15) is 0 Å². The van der Waals surface area contributed by atoms with Crippen molar-refractivity contribution < 1.29 is 24.8 Å². The van der Waals surface area contributed by atoms with Gasteiger partial charge in [0.1, 0.15) is 35.5 Å².